The molecule has 5 nitrogen and oxygen atoms in total. The minimum absolute atomic E-state index is 0.461. The lowest BCUT2D eigenvalue weighted by Crippen LogP contribution is -2.29. The molecule has 2 rings (SSSR count). The largest absolute Gasteiger partial charge is 0.464 e. The number of hydrogen-bond donors (Lipinski definition) is 1. The van der Waals surface area contributed by atoms with E-state index >= 15 is 0 Å². The molecule has 0 aliphatic rings. The van der Waals surface area contributed by atoms with Crippen LogP contribution in [0.4, 0.5) is 0 Å². The summed E-state index contributed by atoms with van der Waals surface area (Å²) < 4.78 is 7.19. The Bertz CT molecular complexity index is 478. The number of rotatable bonds is 3. The molecule has 5 heteroatoms. The quantitative estimate of drug-likeness (QED) is 0.849. The van der Waals surface area contributed by atoms with Crippen molar-refractivity contribution in [2.24, 2.45) is 5.73 Å². The van der Waals surface area contributed by atoms with E-state index in [0.29, 0.717) is 6.54 Å². The molecule has 0 aliphatic carbocycles. The van der Waals surface area contributed by atoms with E-state index in [-0.39, 0.29) is 0 Å². The van der Waals surface area contributed by atoms with Gasteiger partial charge in [-0.25, -0.2) is 4.68 Å². The normalized spacial score (nSPS) is 12.0. The average Bonchev–Trinajstić information content (AvgIpc) is 2.74. The number of nitrogens with two attached hydrogens (primary N) is 1. The maximum atomic E-state index is 5.93. The minimum Gasteiger partial charge on any atom is -0.464 e. The molecule has 0 aliphatic heterocycles. The molecule has 0 saturated heterocycles. The Labute approximate surface area is 94.2 Å². The monoisotopic (exact) mass is 220 g/mol. The van der Waals surface area contributed by atoms with Gasteiger partial charge >= 0.3 is 0 Å². The maximum absolute atomic E-state index is 5.93. The van der Waals surface area contributed by atoms with E-state index in [0.717, 1.165) is 17.2 Å². The summed E-state index contributed by atoms with van der Waals surface area (Å²) in [4.78, 5) is 0. The highest BCUT2D eigenvalue weighted by Crippen LogP contribution is 2.14. The van der Waals surface area contributed by atoms with Crippen LogP contribution in [0.15, 0.2) is 22.7 Å². The molecule has 2 aromatic rings. The lowest BCUT2D eigenvalue weighted by Gasteiger charge is -2.13. The van der Waals surface area contributed by atoms with Crippen molar-refractivity contribution >= 4 is 0 Å². The highest BCUT2D eigenvalue weighted by atomic mass is 16.3. The lowest BCUT2D eigenvalue weighted by atomic mass is 10.0. The maximum Gasteiger partial charge on any atom is 0.125 e. The van der Waals surface area contributed by atoms with Crippen LogP contribution in [-0.2, 0) is 12.1 Å². The first-order valence-electron chi connectivity index (χ1n) is 5.20. The predicted molar refractivity (Wildman–Crippen MR) is 59.8 cm³/mol. The molecule has 0 atom stereocenters. The van der Waals surface area contributed by atoms with E-state index in [9.17, 15) is 0 Å². The van der Waals surface area contributed by atoms with Crippen LogP contribution in [0.2, 0.25) is 0 Å². The molecule has 86 valence electrons. The van der Waals surface area contributed by atoms with E-state index in [1.54, 1.807) is 4.68 Å². The van der Waals surface area contributed by atoms with E-state index in [1.165, 1.54) is 0 Å². The van der Waals surface area contributed by atoms with Crippen LogP contribution in [0.1, 0.15) is 31.1 Å². The van der Waals surface area contributed by atoms with Gasteiger partial charge < -0.3 is 10.2 Å². The molecule has 2 heterocycles. The second kappa shape index (κ2) is 3.75. The van der Waals surface area contributed by atoms with Crippen molar-refractivity contribution in [1.82, 2.24) is 15.0 Å². The fraction of sp³-hybridized carbons (Fsp3) is 0.455. The highest BCUT2D eigenvalue weighted by Gasteiger charge is 2.18. The number of aromatic nitrogens is 3. The van der Waals surface area contributed by atoms with Crippen LogP contribution in [0.3, 0.4) is 0 Å². The molecule has 0 radical (unpaired) electrons. The third-order valence-electron chi connectivity index (χ3n) is 2.31. The molecule has 0 unspecified atom stereocenters. The fourth-order valence-electron chi connectivity index (χ4n) is 1.40. The number of nitrogens with zero attached hydrogens (tertiary/aromatic N) is 3. The number of aryl methyl sites for hydroxylation is 1. The smallest absolute Gasteiger partial charge is 0.125 e. The first-order chi connectivity index (χ1) is 7.45. The zero-order valence-corrected chi connectivity index (χ0v) is 9.77. The van der Waals surface area contributed by atoms with Crippen molar-refractivity contribution in [2.75, 3.05) is 0 Å². The van der Waals surface area contributed by atoms with Crippen molar-refractivity contribution in [2.45, 2.75) is 32.9 Å². The Kier molecular flexibility index (Phi) is 2.55. The summed E-state index contributed by atoms with van der Waals surface area (Å²) in [7, 11) is 0. The van der Waals surface area contributed by atoms with Crippen LogP contribution in [0.25, 0.3) is 0 Å². The second-order valence-electron chi connectivity index (χ2n) is 4.54. The third kappa shape index (κ3) is 2.30. The fourth-order valence-corrected chi connectivity index (χ4v) is 1.40. The van der Waals surface area contributed by atoms with E-state index in [2.05, 4.69) is 10.3 Å². The van der Waals surface area contributed by atoms with Crippen molar-refractivity contribution in [1.29, 1.82) is 0 Å². The van der Waals surface area contributed by atoms with Crippen molar-refractivity contribution in [3.05, 3.63) is 35.5 Å². The summed E-state index contributed by atoms with van der Waals surface area (Å²) >= 11 is 0. The van der Waals surface area contributed by atoms with Gasteiger partial charge in [0.25, 0.3) is 0 Å². The standard InChI is InChI=1S/C11H16N4O/c1-8-4-5-9(16-8)6-15-7-10(13-14-15)11(2,3)12/h4-5,7H,6,12H2,1-3H3. The van der Waals surface area contributed by atoms with Gasteiger partial charge in [0.2, 0.25) is 0 Å². The summed E-state index contributed by atoms with van der Waals surface area (Å²) in [6.45, 7) is 6.30. The van der Waals surface area contributed by atoms with Gasteiger partial charge in [-0.2, -0.15) is 0 Å². The lowest BCUT2D eigenvalue weighted by molar-refractivity contribution is 0.455. The van der Waals surface area contributed by atoms with Gasteiger partial charge in [-0.3, -0.25) is 0 Å². The molecule has 0 spiro atoms. The number of hydrogen-bond acceptors (Lipinski definition) is 4. The molecule has 0 saturated carbocycles. The molecule has 0 bridgehead atoms. The molecule has 0 aromatic carbocycles. The highest BCUT2D eigenvalue weighted by molar-refractivity contribution is 5.08. The van der Waals surface area contributed by atoms with Gasteiger partial charge in [0.05, 0.1) is 11.7 Å². The topological polar surface area (TPSA) is 69.9 Å². The molecular formula is C11H16N4O. The Morgan fingerprint density at radius 2 is 2.19 bits per heavy atom. The number of furan rings is 1. The zero-order valence-electron chi connectivity index (χ0n) is 9.77. The van der Waals surface area contributed by atoms with Gasteiger partial charge in [-0.1, -0.05) is 5.21 Å². The van der Waals surface area contributed by atoms with Gasteiger partial charge in [0, 0.05) is 0 Å². The van der Waals surface area contributed by atoms with E-state index in [1.807, 2.05) is 39.1 Å². The van der Waals surface area contributed by atoms with E-state index < -0.39 is 5.54 Å². The van der Waals surface area contributed by atoms with Crippen LogP contribution in [0, 0.1) is 6.92 Å². The Hall–Kier alpha value is -1.62. The predicted octanol–water partition coefficient (Wildman–Crippen LogP) is 1.42. The third-order valence-corrected chi connectivity index (χ3v) is 2.31. The summed E-state index contributed by atoms with van der Waals surface area (Å²) in [6, 6.07) is 3.87. The van der Waals surface area contributed by atoms with Crippen LogP contribution in [-0.4, -0.2) is 15.0 Å². The summed E-state index contributed by atoms with van der Waals surface area (Å²) in [5.41, 5.74) is 6.24. The Morgan fingerprint density at radius 3 is 2.69 bits per heavy atom. The summed E-state index contributed by atoms with van der Waals surface area (Å²) in [5, 5.41) is 8.05. The van der Waals surface area contributed by atoms with Crippen LogP contribution >= 0.6 is 0 Å². The van der Waals surface area contributed by atoms with Crippen molar-refractivity contribution < 1.29 is 4.42 Å². The first kappa shape index (κ1) is 10.9. The molecule has 0 amide bonds. The summed E-state index contributed by atoms with van der Waals surface area (Å²) in [6.07, 6.45) is 1.85. The Morgan fingerprint density at radius 1 is 1.44 bits per heavy atom. The SMILES string of the molecule is Cc1ccc(Cn2cc(C(C)(C)N)nn2)o1. The molecular weight excluding hydrogens is 204 g/mol. The van der Waals surface area contributed by atoms with Gasteiger partial charge in [0.15, 0.2) is 0 Å². The zero-order chi connectivity index (χ0) is 11.8. The van der Waals surface area contributed by atoms with Crippen molar-refractivity contribution in [3.8, 4) is 0 Å². The molecule has 2 N–H and O–H groups in total. The van der Waals surface area contributed by atoms with Gasteiger partial charge in [-0.05, 0) is 32.9 Å². The van der Waals surface area contributed by atoms with Gasteiger partial charge in [-0.15, -0.1) is 5.10 Å². The molecule has 16 heavy (non-hydrogen) atoms. The van der Waals surface area contributed by atoms with Crippen LogP contribution < -0.4 is 5.73 Å². The second-order valence-corrected chi connectivity index (χ2v) is 4.54. The first-order valence-corrected chi connectivity index (χ1v) is 5.20. The van der Waals surface area contributed by atoms with Gasteiger partial charge in [0.1, 0.15) is 23.8 Å². The minimum atomic E-state index is -0.461. The average molecular weight is 220 g/mol. The Balaban J connectivity index is 2.14. The van der Waals surface area contributed by atoms with Crippen molar-refractivity contribution in [3.63, 3.8) is 0 Å². The molecule has 0 fully saturated rings. The molecule has 2 aromatic heterocycles. The van der Waals surface area contributed by atoms with Crippen LogP contribution in [0.5, 0.6) is 0 Å². The summed E-state index contributed by atoms with van der Waals surface area (Å²) in [5.74, 6) is 1.76. The van der Waals surface area contributed by atoms with E-state index in [4.69, 9.17) is 10.2 Å².